The molecule has 136 valence electrons. The molecule has 1 saturated heterocycles. The van der Waals surface area contributed by atoms with Crippen molar-refractivity contribution >= 4 is 0 Å². The lowest BCUT2D eigenvalue weighted by molar-refractivity contribution is 0.120. The van der Waals surface area contributed by atoms with Crippen LogP contribution in [0, 0.1) is 5.92 Å². The minimum Gasteiger partial charge on any atom is -0.492 e. The van der Waals surface area contributed by atoms with Crippen LogP contribution in [0.25, 0.3) is 0 Å². The number of nitrogens with zero attached hydrogens (tertiary/aromatic N) is 1. The molecule has 2 heteroatoms. The molecule has 0 saturated carbocycles. The Morgan fingerprint density at radius 2 is 1.88 bits per heavy atom. The second kappa shape index (κ2) is 8.89. The standard InChI is InChI=1S/C22H37NO/c1-6-20-9-7-8-14-23(20)15-16-24-21-12-10-19(11-13-21)22(4,5)17-18(2)3/h10-13,18,20H,6-9,14-17H2,1-5H3. The predicted molar refractivity (Wildman–Crippen MR) is 104 cm³/mol. The Balaban J connectivity index is 1.83. The normalized spacial score (nSPS) is 19.7. The monoisotopic (exact) mass is 331 g/mol. The van der Waals surface area contributed by atoms with Crippen molar-refractivity contribution in [2.24, 2.45) is 5.92 Å². The molecule has 0 spiro atoms. The maximum Gasteiger partial charge on any atom is 0.119 e. The summed E-state index contributed by atoms with van der Waals surface area (Å²) in [6.07, 6.45) is 6.57. The van der Waals surface area contributed by atoms with Crippen LogP contribution in [-0.4, -0.2) is 30.6 Å². The molecule has 0 radical (unpaired) electrons. The summed E-state index contributed by atoms with van der Waals surface area (Å²) in [7, 11) is 0. The Bertz CT molecular complexity index is 477. The highest BCUT2D eigenvalue weighted by Crippen LogP contribution is 2.31. The van der Waals surface area contributed by atoms with Crippen molar-refractivity contribution in [3.63, 3.8) is 0 Å². The Labute approximate surface area is 149 Å². The summed E-state index contributed by atoms with van der Waals surface area (Å²) in [5, 5.41) is 0. The second-order valence-electron chi connectivity index (χ2n) is 8.45. The van der Waals surface area contributed by atoms with Gasteiger partial charge in [0.15, 0.2) is 0 Å². The molecule has 1 aliphatic rings. The topological polar surface area (TPSA) is 12.5 Å². The Hall–Kier alpha value is -1.02. The van der Waals surface area contributed by atoms with Gasteiger partial charge in [-0.2, -0.15) is 0 Å². The van der Waals surface area contributed by atoms with E-state index in [2.05, 4.69) is 63.8 Å². The highest BCUT2D eigenvalue weighted by Gasteiger charge is 2.22. The van der Waals surface area contributed by atoms with E-state index in [-0.39, 0.29) is 5.41 Å². The van der Waals surface area contributed by atoms with Gasteiger partial charge in [-0.15, -0.1) is 0 Å². The van der Waals surface area contributed by atoms with E-state index in [0.717, 1.165) is 24.9 Å². The molecule has 2 nitrogen and oxygen atoms in total. The highest BCUT2D eigenvalue weighted by atomic mass is 16.5. The van der Waals surface area contributed by atoms with E-state index in [4.69, 9.17) is 4.74 Å². The van der Waals surface area contributed by atoms with Gasteiger partial charge in [-0.05, 0) is 61.3 Å². The van der Waals surface area contributed by atoms with Gasteiger partial charge in [-0.3, -0.25) is 4.90 Å². The number of ether oxygens (including phenoxy) is 1. The van der Waals surface area contributed by atoms with Gasteiger partial charge >= 0.3 is 0 Å². The summed E-state index contributed by atoms with van der Waals surface area (Å²) in [5.74, 6) is 1.72. The predicted octanol–water partition coefficient (Wildman–Crippen LogP) is 5.65. The molecular formula is C22H37NO. The fourth-order valence-corrected chi connectivity index (χ4v) is 4.24. The quantitative estimate of drug-likeness (QED) is 0.610. The molecule has 2 rings (SSSR count). The van der Waals surface area contributed by atoms with Crippen molar-refractivity contribution in [3.8, 4) is 5.75 Å². The van der Waals surface area contributed by atoms with Crippen molar-refractivity contribution in [1.82, 2.24) is 4.90 Å². The van der Waals surface area contributed by atoms with Crippen molar-refractivity contribution in [2.45, 2.75) is 78.2 Å². The van der Waals surface area contributed by atoms with Crippen molar-refractivity contribution < 1.29 is 4.74 Å². The summed E-state index contributed by atoms with van der Waals surface area (Å²) in [6.45, 7) is 14.7. The van der Waals surface area contributed by atoms with E-state index in [1.54, 1.807) is 0 Å². The number of likely N-dealkylation sites (tertiary alicyclic amines) is 1. The number of rotatable bonds is 8. The number of hydrogen-bond acceptors (Lipinski definition) is 2. The summed E-state index contributed by atoms with van der Waals surface area (Å²) >= 11 is 0. The zero-order valence-electron chi connectivity index (χ0n) is 16.5. The third-order valence-corrected chi connectivity index (χ3v) is 5.42. The van der Waals surface area contributed by atoms with E-state index in [1.165, 1.54) is 44.2 Å². The van der Waals surface area contributed by atoms with Gasteiger partial charge in [0.2, 0.25) is 0 Å². The molecule has 1 aliphatic heterocycles. The SMILES string of the molecule is CCC1CCCCN1CCOc1ccc(C(C)(C)CC(C)C)cc1. The van der Waals surface area contributed by atoms with Crippen LogP contribution >= 0.6 is 0 Å². The molecule has 0 aliphatic carbocycles. The molecule has 1 atom stereocenters. The molecule has 1 aromatic carbocycles. The minimum atomic E-state index is 0.231. The molecule has 1 aromatic rings. The first-order valence-electron chi connectivity index (χ1n) is 9.89. The molecule has 1 fully saturated rings. The van der Waals surface area contributed by atoms with E-state index in [1.807, 2.05) is 0 Å². The van der Waals surface area contributed by atoms with E-state index in [9.17, 15) is 0 Å². The largest absolute Gasteiger partial charge is 0.492 e. The van der Waals surface area contributed by atoms with Crippen molar-refractivity contribution in [2.75, 3.05) is 19.7 Å². The summed E-state index contributed by atoms with van der Waals surface area (Å²) in [6, 6.07) is 9.54. The van der Waals surface area contributed by atoms with Gasteiger partial charge in [-0.1, -0.05) is 53.2 Å². The first kappa shape index (κ1) is 19.3. The van der Waals surface area contributed by atoms with Gasteiger partial charge in [0.05, 0.1) is 0 Å². The summed E-state index contributed by atoms with van der Waals surface area (Å²) < 4.78 is 6.01. The van der Waals surface area contributed by atoms with Crippen LogP contribution in [0.4, 0.5) is 0 Å². The average Bonchev–Trinajstić information content (AvgIpc) is 2.54. The molecule has 24 heavy (non-hydrogen) atoms. The third kappa shape index (κ3) is 5.51. The second-order valence-corrected chi connectivity index (χ2v) is 8.45. The lowest BCUT2D eigenvalue weighted by atomic mass is 9.78. The maximum absolute atomic E-state index is 6.01. The van der Waals surface area contributed by atoms with Crippen LogP contribution in [0.15, 0.2) is 24.3 Å². The molecule has 0 amide bonds. The number of piperidine rings is 1. The molecule has 1 heterocycles. The van der Waals surface area contributed by atoms with Crippen molar-refractivity contribution in [3.05, 3.63) is 29.8 Å². The Morgan fingerprint density at radius 1 is 1.17 bits per heavy atom. The van der Waals surface area contributed by atoms with Crippen LogP contribution in [0.3, 0.4) is 0 Å². The maximum atomic E-state index is 6.01. The van der Waals surface area contributed by atoms with Gasteiger partial charge in [-0.25, -0.2) is 0 Å². The first-order chi connectivity index (χ1) is 11.4. The van der Waals surface area contributed by atoms with Crippen LogP contribution in [-0.2, 0) is 5.41 Å². The summed E-state index contributed by atoms with van der Waals surface area (Å²) in [4.78, 5) is 2.61. The van der Waals surface area contributed by atoms with Gasteiger partial charge in [0.25, 0.3) is 0 Å². The minimum absolute atomic E-state index is 0.231. The molecule has 0 N–H and O–H groups in total. The lowest BCUT2D eigenvalue weighted by Crippen LogP contribution is -2.41. The molecule has 1 unspecified atom stereocenters. The summed E-state index contributed by atoms with van der Waals surface area (Å²) in [5.41, 5.74) is 1.64. The molecular weight excluding hydrogens is 294 g/mol. The first-order valence-corrected chi connectivity index (χ1v) is 9.89. The van der Waals surface area contributed by atoms with Crippen LogP contribution < -0.4 is 4.74 Å². The highest BCUT2D eigenvalue weighted by molar-refractivity contribution is 5.31. The zero-order chi connectivity index (χ0) is 17.6. The Morgan fingerprint density at radius 3 is 2.50 bits per heavy atom. The van der Waals surface area contributed by atoms with E-state index >= 15 is 0 Å². The van der Waals surface area contributed by atoms with Crippen molar-refractivity contribution in [1.29, 1.82) is 0 Å². The third-order valence-electron chi connectivity index (χ3n) is 5.42. The van der Waals surface area contributed by atoms with Crippen LogP contribution in [0.1, 0.15) is 72.3 Å². The number of hydrogen-bond donors (Lipinski definition) is 0. The van der Waals surface area contributed by atoms with Gasteiger partial charge in [0, 0.05) is 12.6 Å². The van der Waals surface area contributed by atoms with E-state index < -0.39 is 0 Å². The fourth-order valence-electron chi connectivity index (χ4n) is 4.24. The van der Waals surface area contributed by atoms with Crippen LogP contribution in [0.5, 0.6) is 5.75 Å². The fraction of sp³-hybridized carbons (Fsp3) is 0.727. The average molecular weight is 332 g/mol. The van der Waals surface area contributed by atoms with Gasteiger partial charge < -0.3 is 4.74 Å². The lowest BCUT2D eigenvalue weighted by Gasteiger charge is -2.35. The zero-order valence-corrected chi connectivity index (χ0v) is 16.5. The smallest absolute Gasteiger partial charge is 0.119 e. The number of benzene rings is 1. The molecule has 0 bridgehead atoms. The molecule has 0 aromatic heterocycles. The van der Waals surface area contributed by atoms with Crippen LogP contribution in [0.2, 0.25) is 0 Å². The Kier molecular flexibility index (Phi) is 7.16. The van der Waals surface area contributed by atoms with Gasteiger partial charge in [0.1, 0.15) is 12.4 Å². The van der Waals surface area contributed by atoms with E-state index in [0.29, 0.717) is 5.92 Å².